The lowest BCUT2D eigenvalue weighted by Crippen LogP contribution is -2.28. The van der Waals surface area contributed by atoms with Crippen molar-refractivity contribution in [2.24, 2.45) is 0 Å². The summed E-state index contributed by atoms with van der Waals surface area (Å²) in [4.78, 5) is 11.4. The van der Waals surface area contributed by atoms with E-state index in [-0.39, 0.29) is 12.5 Å². The molecule has 0 fully saturated rings. The first-order valence-corrected chi connectivity index (χ1v) is 5.32. The van der Waals surface area contributed by atoms with Crippen LogP contribution >= 0.6 is 0 Å². The molecule has 0 radical (unpaired) electrons. The van der Waals surface area contributed by atoms with Gasteiger partial charge in [-0.1, -0.05) is 30.3 Å². The zero-order valence-corrected chi connectivity index (χ0v) is 9.19. The molecule has 0 saturated heterocycles. The number of carbonyl (C=O) groups excluding carboxylic acids is 1. The SMILES string of the molecule is O=C(Cc1ccccc1)NCCOCCO. The maximum atomic E-state index is 11.4. The van der Waals surface area contributed by atoms with Crippen molar-refractivity contribution in [2.45, 2.75) is 6.42 Å². The molecule has 0 atom stereocenters. The number of amides is 1. The lowest BCUT2D eigenvalue weighted by molar-refractivity contribution is -0.120. The highest BCUT2D eigenvalue weighted by Crippen LogP contribution is 1.98. The number of rotatable bonds is 7. The van der Waals surface area contributed by atoms with Crippen LogP contribution in [0.1, 0.15) is 5.56 Å². The Bertz CT molecular complexity index is 300. The molecule has 4 nitrogen and oxygen atoms in total. The van der Waals surface area contributed by atoms with E-state index in [0.717, 1.165) is 5.56 Å². The molecule has 0 aliphatic carbocycles. The number of nitrogens with one attached hydrogen (secondary N) is 1. The highest BCUT2D eigenvalue weighted by atomic mass is 16.5. The average molecular weight is 223 g/mol. The van der Waals surface area contributed by atoms with Gasteiger partial charge in [-0.05, 0) is 5.56 Å². The van der Waals surface area contributed by atoms with Crippen molar-refractivity contribution in [3.8, 4) is 0 Å². The third kappa shape index (κ3) is 5.48. The van der Waals surface area contributed by atoms with Crippen LogP contribution in [0.4, 0.5) is 0 Å². The van der Waals surface area contributed by atoms with Crippen molar-refractivity contribution in [3.63, 3.8) is 0 Å². The van der Waals surface area contributed by atoms with Gasteiger partial charge in [-0.2, -0.15) is 0 Å². The van der Waals surface area contributed by atoms with Gasteiger partial charge in [0.15, 0.2) is 0 Å². The maximum absolute atomic E-state index is 11.4. The summed E-state index contributed by atoms with van der Waals surface area (Å²) in [6.45, 7) is 1.24. The van der Waals surface area contributed by atoms with Crippen molar-refractivity contribution in [3.05, 3.63) is 35.9 Å². The van der Waals surface area contributed by atoms with Crippen LogP contribution in [0.5, 0.6) is 0 Å². The van der Waals surface area contributed by atoms with Gasteiger partial charge in [0, 0.05) is 6.54 Å². The van der Waals surface area contributed by atoms with Crippen molar-refractivity contribution < 1.29 is 14.6 Å². The van der Waals surface area contributed by atoms with Crippen molar-refractivity contribution in [2.75, 3.05) is 26.4 Å². The van der Waals surface area contributed by atoms with E-state index in [1.807, 2.05) is 30.3 Å². The molecule has 1 rings (SSSR count). The topological polar surface area (TPSA) is 58.6 Å². The number of benzene rings is 1. The van der Waals surface area contributed by atoms with E-state index in [1.165, 1.54) is 0 Å². The lowest BCUT2D eigenvalue weighted by Gasteiger charge is -2.05. The minimum absolute atomic E-state index is 0.0119. The van der Waals surface area contributed by atoms with Gasteiger partial charge in [0.2, 0.25) is 5.91 Å². The molecule has 88 valence electrons. The smallest absolute Gasteiger partial charge is 0.224 e. The van der Waals surface area contributed by atoms with Crippen molar-refractivity contribution >= 4 is 5.91 Å². The standard InChI is InChI=1S/C12H17NO3/c14-7-9-16-8-6-13-12(15)10-11-4-2-1-3-5-11/h1-5,14H,6-10H2,(H,13,15). The predicted molar refractivity (Wildman–Crippen MR) is 61.1 cm³/mol. The predicted octanol–water partition coefficient (Wildman–Crippen LogP) is 0.354. The molecular weight excluding hydrogens is 206 g/mol. The van der Waals surface area contributed by atoms with Gasteiger partial charge in [-0.3, -0.25) is 4.79 Å². The second kappa shape index (κ2) is 7.84. The van der Waals surface area contributed by atoms with E-state index < -0.39 is 0 Å². The van der Waals surface area contributed by atoms with Crippen LogP contribution in [-0.2, 0) is 16.0 Å². The largest absolute Gasteiger partial charge is 0.394 e. The van der Waals surface area contributed by atoms with Gasteiger partial charge in [-0.25, -0.2) is 0 Å². The molecule has 0 aliphatic rings. The van der Waals surface area contributed by atoms with Crippen LogP contribution in [0, 0.1) is 0 Å². The molecule has 4 heteroatoms. The summed E-state index contributed by atoms with van der Waals surface area (Å²) in [6.07, 6.45) is 0.390. The zero-order valence-electron chi connectivity index (χ0n) is 9.19. The van der Waals surface area contributed by atoms with E-state index in [0.29, 0.717) is 26.2 Å². The summed E-state index contributed by atoms with van der Waals surface area (Å²) in [5.41, 5.74) is 0.997. The number of aliphatic hydroxyl groups is 1. The number of carbonyl (C=O) groups is 1. The zero-order chi connectivity index (χ0) is 11.6. The fourth-order valence-electron chi connectivity index (χ4n) is 1.27. The van der Waals surface area contributed by atoms with Crippen LogP contribution in [0.3, 0.4) is 0 Å². The monoisotopic (exact) mass is 223 g/mol. The van der Waals surface area contributed by atoms with Crippen molar-refractivity contribution in [1.29, 1.82) is 0 Å². The van der Waals surface area contributed by atoms with Crippen molar-refractivity contribution in [1.82, 2.24) is 5.32 Å². The molecule has 0 spiro atoms. The van der Waals surface area contributed by atoms with E-state index in [9.17, 15) is 4.79 Å². The lowest BCUT2D eigenvalue weighted by atomic mass is 10.1. The average Bonchev–Trinajstić information content (AvgIpc) is 2.30. The minimum atomic E-state index is -0.0150. The summed E-state index contributed by atoms with van der Waals surface area (Å²) in [6, 6.07) is 9.58. The minimum Gasteiger partial charge on any atom is -0.394 e. The fraction of sp³-hybridized carbons (Fsp3) is 0.417. The fourth-order valence-corrected chi connectivity index (χ4v) is 1.27. The molecule has 1 aromatic rings. The molecule has 0 saturated carbocycles. The van der Waals surface area contributed by atoms with Crippen LogP contribution in [0.2, 0.25) is 0 Å². The first-order valence-electron chi connectivity index (χ1n) is 5.32. The third-order valence-corrected chi connectivity index (χ3v) is 2.01. The molecule has 0 bridgehead atoms. The van der Waals surface area contributed by atoms with Gasteiger partial charge >= 0.3 is 0 Å². The van der Waals surface area contributed by atoms with E-state index in [2.05, 4.69) is 5.32 Å². The van der Waals surface area contributed by atoms with Crippen LogP contribution < -0.4 is 5.32 Å². The molecule has 1 aromatic carbocycles. The van der Waals surface area contributed by atoms with Gasteiger partial charge in [0.1, 0.15) is 0 Å². The summed E-state index contributed by atoms with van der Waals surface area (Å²) < 4.78 is 5.02. The normalized spacial score (nSPS) is 10.1. The quantitative estimate of drug-likeness (QED) is 0.656. The summed E-state index contributed by atoms with van der Waals surface area (Å²) in [7, 11) is 0. The Morgan fingerprint density at radius 1 is 1.25 bits per heavy atom. The second-order valence-electron chi connectivity index (χ2n) is 3.35. The van der Waals surface area contributed by atoms with Gasteiger partial charge in [0.05, 0.1) is 26.2 Å². The molecule has 0 unspecified atom stereocenters. The van der Waals surface area contributed by atoms with Crippen LogP contribution in [-0.4, -0.2) is 37.4 Å². The summed E-state index contributed by atoms with van der Waals surface area (Å²) in [5.74, 6) is -0.0150. The Morgan fingerprint density at radius 3 is 2.69 bits per heavy atom. The van der Waals surface area contributed by atoms with E-state index in [4.69, 9.17) is 9.84 Å². The maximum Gasteiger partial charge on any atom is 0.224 e. The first kappa shape index (κ1) is 12.7. The van der Waals surface area contributed by atoms with Gasteiger partial charge in [0.25, 0.3) is 0 Å². The van der Waals surface area contributed by atoms with Gasteiger partial charge in [-0.15, -0.1) is 0 Å². The number of ether oxygens (including phenoxy) is 1. The number of hydrogen-bond donors (Lipinski definition) is 2. The molecule has 16 heavy (non-hydrogen) atoms. The highest BCUT2D eigenvalue weighted by molar-refractivity contribution is 5.78. The molecule has 0 aromatic heterocycles. The Morgan fingerprint density at radius 2 is 2.00 bits per heavy atom. The van der Waals surface area contributed by atoms with Gasteiger partial charge < -0.3 is 15.2 Å². The second-order valence-corrected chi connectivity index (χ2v) is 3.35. The summed E-state index contributed by atoms with van der Waals surface area (Å²) in [5, 5.41) is 11.2. The number of aliphatic hydroxyl groups excluding tert-OH is 1. The van der Waals surface area contributed by atoms with E-state index >= 15 is 0 Å². The first-order chi connectivity index (χ1) is 7.83. The molecule has 1 amide bonds. The Hall–Kier alpha value is -1.39. The highest BCUT2D eigenvalue weighted by Gasteiger charge is 2.01. The Kier molecular flexibility index (Phi) is 6.22. The number of hydrogen-bond acceptors (Lipinski definition) is 3. The summed E-state index contributed by atoms with van der Waals surface area (Å²) >= 11 is 0. The molecule has 2 N–H and O–H groups in total. The Balaban J connectivity index is 2.12. The van der Waals surface area contributed by atoms with Crippen LogP contribution in [0.15, 0.2) is 30.3 Å². The molecule has 0 heterocycles. The van der Waals surface area contributed by atoms with Crippen LogP contribution in [0.25, 0.3) is 0 Å². The Labute approximate surface area is 95.2 Å². The molecular formula is C12H17NO3. The van der Waals surface area contributed by atoms with E-state index in [1.54, 1.807) is 0 Å². The molecule has 0 aliphatic heterocycles. The third-order valence-electron chi connectivity index (χ3n) is 2.01.